The van der Waals surface area contributed by atoms with Crippen molar-refractivity contribution in [2.45, 2.75) is 51.4 Å². The number of aliphatic carboxylic acids is 1. The van der Waals surface area contributed by atoms with E-state index >= 15 is 0 Å². The van der Waals surface area contributed by atoms with E-state index in [4.69, 9.17) is 0 Å². The molecule has 25 heavy (non-hydrogen) atoms. The highest BCUT2D eigenvalue weighted by Crippen LogP contribution is 2.64. The number of carboxylic acids is 1. The molecule has 2 aliphatic carbocycles. The van der Waals surface area contributed by atoms with Crippen molar-refractivity contribution in [1.29, 1.82) is 0 Å². The van der Waals surface area contributed by atoms with E-state index < -0.39 is 36.0 Å². The number of piperidine rings is 1. The molecule has 3 aliphatic rings. The maximum atomic E-state index is 12.7. The first-order valence-corrected chi connectivity index (χ1v) is 8.35. The molecule has 2 saturated carbocycles. The van der Waals surface area contributed by atoms with Crippen LogP contribution in [0.5, 0.6) is 0 Å². The Morgan fingerprint density at radius 2 is 1.88 bits per heavy atom. The first kappa shape index (κ1) is 18.0. The summed E-state index contributed by atoms with van der Waals surface area (Å²) in [7, 11) is 0. The van der Waals surface area contributed by atoms with Crippen molar-refractivity contribution in [3.05, 3.63) is 0 Å². The Morgan fingerprint density at radius 1 is 1.28 bits per heavy atom. The molecule has 0 unspecified atom stereocenters. The summed E-state index contributed by atoms with van der Waals surface area (Å²) >= 11 is 0. The van der Waals surface area contributed by atoms with Gasteiger partial charge in [0.05, 0.1) is 0 Å². The Hall–Kier alpha value is -1.80. The van der Waals surface area contributed by atoms with E-state index in [9.17, 15) is 32.7 Å². The summed E-state index contributed by atoms with van der Waals surface area (Å²) in [6.07, 6.45) is -3.37. The van der Waals surface area contributed by atoms with Crippen molar-refractivity contribution in [2.75, 3.05) is 6.54 Å². The zero-order valence-electron chi connectivity index (χ0n) is 14.0. The minimum atomic E-state index is -5.08. The molecule has 0 aromatic carbocycles. The van der Waals surface area contributed by atoms with Crippen LogP contribution in [-0.4, -0.2) is 52.6 Å². The van der Waals surface area contributed by atoms with Gasteiger partial charge in [-0.3, -0.25) is 9.59 Å². The lowest BCUT2D eigenvalue weighted by Gasteiger charge is -2.31. The fraction of sp³-hybridized carbons (Fsp3) is 0.812. The number of fused-ring (bicyclic) bond motifs is 1. The first-order chi connectivity index (χ1) is 11.4. The number of carboxylic acid groups (broad SMARTS) is 1. The minimum Gasteiger partial charge on any atom is -0.480 e. The van der Waals surface area contributed by atoms with Gasteiger partial charge < -0.3 is 15.3 Å². The molecule has 2 N–H and O–H groups in total. The predicted octanol–water partition coefficient (Wildman–Crippen LogP) is 1.40. The molecular formula is C16H21F3N2O4. The maximum Gasteiger partial charge on any atom is 0.471 e. The Bertz CT molecular complexity index is 615. The lowest BCUT2D eigenvalue weighted by molar-refractivity contribution is -0.175. The number of halogens is 3. The van der Waals surface area contributed by atoms with Crippen LogP contribution in [0.15, 0.2) is 0 Å². The molecule has 0 aromatic rings. The summed E-state index contributed by atoms with van der Waals surface area (Å²) in [5, 5.41) is 11.3. The molecular weight excluding hydrogens is 341 g/mol. The van der Waals surface area contributed by atoms with Gasteiger partial charge in [-0.05, 0) is 23.7 Å². The van der Waals surface area contributed by atoms with E-state index in [1.807, 2.05) is 13.8 Å². The Kier molecular flexibility index (Phi) is 4.04. The van der Waals surface area contributed by atoms with Crippen LogP contribution in [0.3, 0.4) is 0 Å². The number of nitrogens with one attached hydrogen (secondary N) is 1. The van der Waals surface area contributed by atoms with Gasteiger partial charge >= 0.3 is 18.1 Å². The van der Waals surface area contributed by atoms with Crippen molar-refractivity contribution in [1.82, 2.24) is 10.2 Å². The molecule has 1 aliphatic heterocycles. The van der Waals surface area contributed by atoms with E-state index in [1.54, 1.807) is 5.32 Å². The maximum absolute atomic E-state index is 12.7. The third-order valence-electron chi connectivity index (χ3n) is 5.87. The smallest absolute Gasteiger partial charge is 0.471 e. The standard InChI is InChI=1S/C16H21F3N2O4/c1-15(2)8-6-21(11(10(8)15)13(23)24)12(22)9(5-7-3-4-7)20-14(25)16(17,18)19/h7-11H,3-6H2,1-2H3,(H,20,25)(H,23,24)/t8-,9-,10-,11-/m0/s1. The summed E-state index contributed by atoms with van der Waals surface area (Å²) < 4.78 is 37.6. The highest BCUT2D eigenvalue weighted by atomic mass is 19.4. The molecule has 3 rings (SSSR count). The topological polar surface area (TPSA) is 86.7 Å². The summed E-state index contributed by atoms with van der Waals surface area (Å²) in [6.45, 7) is 4.05. The average molecular weight is 362 g/mol. The van der Waals surface area contributed by atoms with Crippen LogP contribution >= 0.6 is 0 Å². The molecule has 140 valence electrons. The van der Waals surface area contributed by atoms with Crippen LogP contribution in [0.1, 0.15) is 33.1 Å². The number of likely N-dealkylation sites (tertiary alicyclic amines) is 1. The second-order valence-electron chi connectivity index (χ2n) is 7.93. The summed E-state index contributed by atoms with van der Waals surface area (Å²) in [4.78, 5) is 36.8. The second-order valence-corrected chi connectivity index (χ2v) is 7.93. The molecule has 1 saturated heterocycles. The lowest BCUT2D eigenvalue weighted by Crippen LogP contribution is -2.55. The van der Waals surface area contributed by atoms with Crippen molar-refractivity contribution < 1.29 is 32.7 Å². The molecule has 4 atom stereocenters. The van der Waals surface area contributed by atoms with Crippen LogP contribution in [0.25, 0.3) is 0 Å². The summed E-state index contributed by atoms with van der Waals surface area (Å²) in [5.41, 5.74) is -0.193. The highest BCUT2D eigenvalue weighted by molar-refractivity contribution is 5.92. The molecule has 0 spiro atoms. The third-order valence-corrected chi connectivity index (χ3v) is 5.87. The van der Waals surface area contributed by atoms with Crippen LogP contribution in [0.2, 0.25) is 0 Å². The predicted molar refractivity (Wildman–Crippen MR) is 79.2 cm³/mol. The fourth-order valence-electron chi connectivity index (χ4n) is 4.14. The van der Waals surface area contributed by atoms with E-state index in [0.29, 0.717) is 0 Å². The Balaban J connectivity index is 1.75. The van der Waals surface area contributed by atoms with Gasteiger partial charge in [0.25, 0.3) is 0 Å². The summed E-state index contributed by atoms with van der Waals surface area (Å²) in [5.74, 6) is -4.12. The monoisotopic (exact) mass is 362 g/mol. The largest absolute Gasteiger partial charge is 0.480 e. The number of carbonyl (C=O) groups is 3. The van der Waals surface area contributed by atoms with Crippen molar-refractivity contribution >= 4 is 17.8 Å². The molecule has 6 nitrogen and oxygen atoms in total. The van der Waals surface area contributed by atoms with Gasteiger partial charge in [0, 0.05) is 12.5 Å². The van der Waals surface area contributed by atoms with Crippen LogP contribution in [-0.2, 0) is 14.4 Å². The molecule has 2 amide bonds. The van der Waals surface area contributed by atoms with Crippen molar-refractivity contribution in [2.24, 2.45) is 23.2 Å². The van der Waals surface area contributed by atoms with Gasteiger partial charge in [0.2, 0.25) is 5.91 Å². The number of alkyl halides is 3. The fourth-order valence-corrected chi connectivity index (χ4v) is 4.14. The van der Waals surface area contributed by atoms with Gasteiger partial charge in [0.15, 0.2) is 0 Å². The summed E-state index contributed by atoms with van der Waals surface area (Å²) in [6, 6.07) is -2.37. The van der Waals surface area contributed by atoms with E-state index in [-0.39, 0.29) is 36.1 Å². The van der Waals surface area contributed by atoms with Gasteiger partial charge in [0.1, 0.15) is 12.1 Å². The minimum absolute atomic E-state index is 0.0254. The van der Waals surface area contributed by atoms with E-state index in [1.165, 1.54) is 0 Å². The second kappa shape index (κ2) is 5.60. The molecule has 3 fully saturated rings. The molecule has 9 heteroatoms. The quantitative estimate of drug-likeness (QED) is 0.774. The van der Waals surface area contributed by atoms with Crippen LogP contribution in [0.4, 0.5) is 13.2 Å². The molecule has 0 aromatic heterocycles. The Labute approximate surface area is 142 Å². The van der Waals surface area contributed by atoms with Gasteiger partial charge in [-0.25, -0.2) is 4.79 Å². The van der Waals surface area contributed by atoms with Crippen LogP contribution < -0.4 is 5.32 Å². The van der Waals surface area contributed by atoms with Crippen LogP contribution in [0, 0.1) is 23.2 Å². The number of nitrogens with zero attached hydrogens (tertiary/aromatic N) is 1. The molecule has 1 heterocycles. The molecule has 0 radical (unpaired) electrons. The number of hydrogen-bond donors (Lipinski definition) is 2. The van der Waals surface area contributed by atoms with Gasteiger partial charge in [-0.15, -0.1) is 0 Å². The van der Waals surface area contributed by atoms with Gasteiger partial charge in [-0.1, -0.05) is 26.7 Å². The average Bonchev–Trinajstić information content (AvgIpc) is 3.32. The third kappa shape index (κ3) is 3.20. The Morgan fingerprint density at radius 3 is 2.36 bits per heavy atom. The number of rotatable bonds is 5. The van der Waals surface area contributed by atoms with E-state index in [0.717, 1.165) is 17.7 Å². The molecule has 0 bridgehead atoms. The number of carbonyl (C=O) groups excluding carboxylic acids is 2. The normalized spacial score (nSPS) is 31.2. The van der Waals surface area contributed by atoms with Gasteiger partial charge in [-0.2, -0.15) is 13.2 Å². The van der Waals surface area contributed by atoms with E-state index in [2.05, 4.69) is 0 Å². The SMILES string of the molecule is CC1(C)[C@@H]2[C@@H](C(=O)O)N(C(=O)[C@H](CC3CC3)NC(=O)C(F)(F)F)C[C@@H]21. The van der Waals surface area contributed by atoms with Crippen molar-refractivity contribution in [3.8, 4) is 0 Å². The number of hydrogen-bond acceptors (Lipinski definition) is 3. The zero-order valence-corrected chi connectivity index (χ0v) is 14.0. The lowest BCUT2D eigenvalue weighted by atomic mass is 9.99. The zero-order chi connectivity index (χ0) is 18.7. The van der Waals surface area contributed by atoms with Crippen molar-refractivity contribution in [3.63, 3.8) is 0 Å². The first-order valence-electron chi connectivity index (χ1n) is 8.35. The number of amides is 2. The highest BCUT2D eigenvalue weighted by Gasteiger charge is 2.69.